The largest absolute Gasteiger partial charge is 0.373 e. The molecule has 2 saturated heterocycles. The van der Waals surface area contributed by atoms with E-state index in [1.807, 2.05) is 12.1 Å². The van der Waals surface area contributed by atoms with Gasteiger partial charge in [-0.1, -0.05) is 15.9 Å². The Labute approximate surface area is 173 Å². The second-order valence-corrected chi connectivity index (χ2v) is 7.04. The van der Waals surface area contributed by atoms with Crippen LogP contribution >= 0.6 is 39.9 Å². The lowest BCUT2D eigenvalue weighted by Gasteiger charge is -2.22. The Morgan fingerprint density at radius 1 is 1.24 bits per heavy atom. The number of aliphatic imine (C=N–C) groups is 1. The smallest absolute Gasteiger partial charge is 0.251 e. The minimum absolute atomic E-state index is 0. The molecule has 2 bridgehead atoms. The lowest BCUT2D eigenvalue weighted by molar-refractivity contribution is 0.0954. The summed E-state index contributed by atoms with van der Waals surface area (Å²) in [4.78, 5) is 16.3. The Kier molecular flexibility index (Phi) is 7.95. The van der Waals surface area contributed by atoms with Crippen LogP contribution in [0.3, 0.4) is 0 Å². The number of nitrogens with one attached hydrogen (secondary N) is 3. The number of hydrogen-bond acceptors (Lipinski definition) is 3. The fourth-order valence-corrected chi connectivity index (χ4v) is 3.48. The maximum atomic E-state index is 12.0. The molecule has 25 heavy (non-hydrogen) atoms. The van der Waals surface area contributed by atoms with Gasteiger partial charge in [-0.2, -0.15) is 0 Å². The molecule has 0 aliphatic carbocycles. The van der Waals surface area contributed by atoms with Gasteiger partial charge >= 0.3 is 0 Å². The first kappa shape index (κ1) is 20.4. The molecule has 1 amide bonds. The molecule has 3 rings (SSSR count). The van der Waals surface area contributed by atoms with Crippen molar-refractivity contribution in [3.05, 3.63) is 34.3 Å². The number of amides is 1. The van der Waals surface area contributed by atoms with E-state index < -0.39 is 0 Å². The quantitative estimate of drug-likeness (QED) is 0.240. The molecule has 1 aromatic carbocycles. The third kappa shape index (κ3) is 5.55. The molecule has 3 atom stereocenters. The van der Waals surface area contributed by atoms with Crippen molar-refractivity contribution in [2.24, 2.45) is 4.99 Å². The van der Waals surface area contributed by atoms with Gasteiger partial charge in [-0.05, 0) is 43.5 Å². The second-order valence-electron chi connectivity index (χ2n) is 6.12. The van der Waals surface area contributed by atoms with Crippen molar-refractivity contribution < 1.29 is 9.53 Å². The molecule has 3 unspecified atom stereocenters. The van der Waals surface area contributed by atoms with Crippen LogP contribution in [0.4, 0.5) is 0 Å². The fourth-order valence-electron chi connectivity index (χ4n) is 3.22. The van der Waals surface area contributed by atoms with Gasteiger partial charge in [-0.3, -0.25) is 9.79 Å². The van der Waals surface area contributed by atoms with Crippen LogP contribution in [-0.4, -0.2) is 50.3 Å². The minimum atomic E-state index is -0.0752. The Bertz CT molecular complexity index is 611. The zero-order valence-corrected chi connectivity index (χ0v) is 18.0. The number of carbonyl (C=O) groups excluding carboxylic acids is 1. The highest BCUT2D eigenvalue weighted by molar-refractivity contribution is 14.0. The molecule has 2 heterocycles. The molecular formula is C17H24BrIN4O2. The Morgan fingerprint density at radius 3 is 2.56 bits per heavy atom. The van der Waals surface area contributed by atoms with E-state index in [2.05, 4.69) is 36.9 Å². The van der Waals surface area contributed by atoms with Crippen LogP contribution in [0, 0.1) is 0 Å². The van der Waals surface area contributed by atoms with Crippen molar-refractivity contribution in [3.8, 4) is 0 Å². The number of fused-ring (bicyclic) bond motifs is 2. The summed E-state index contributed by atoms with van der Waals surface area (Å²) in [7, 11) is 1.75. The van der Waals surface area contributed by atoms with Crippen LogP contribution in [0.25, 0.3) is 0 Å². The van der Waals surface area contributed by atoms with Crippen molar-refractivity contribution in [2.75, 3.05) is 20.1 Å². The molecule has 8 heteroatoms. The molecule has 3 N–H and O–H groups in total. The Balaban J connectivity index is 0.00000225. The lowest BCUT2D eigenvalue weighted by Crippen LogP contribution is -2.48. The molecule has 0 spiro atoms. The Hall–Kier alpha value is -0.870. The fraction of sp³-hybridized carbons (Fsp3) is 0.529. The van der Waals surface area contributed by atoms with Crippen molar-refractivity contribution in [2.45, 2.75) is 37.5 Å². The topological polar surface area (TPSA) is 74.8 Å². The van der Waals surface area contributed by atoms with E-state index in [0.29, 0.717) is 36.9 Å². The summed E-state index contributed by atoms with van der Waals surface area (Å²) in [6, 6.07) is 7.64. The van der Waals surface area contributed by atoms with E-state index in [1.54, 1.807) is 19.2 Å². The monoisotopic (exact) mass is 522 g/mol. The van der Waals surface area contributed by atoms with Gasteiger partial charge in [0.2, 0.25) is 0 Å². The highest BCUT2D eigenvalue weighted by Gasteiger charge is 2.41. The number of ether oxygens (including phenoxy) is 1. The maximum Gasteiger partial charge on any atom is 0.251 e. The average molecular weight is 523 g/mol. The summed E-state index contributed by atoms with van der Waals surface area (Å²) in [5, 5.41) is 9.55. The molecule has 138 valence electrons. The third-order valence-electron chi connectivity index (χ3n) is 4.46. The predicted octanol–water partition coefficient (Wildman–Crippen LogP) is 2.28. The highest BCUT2D eigenvalue weighted by Crippen LogP contribution is 2.34. The number of guanidine groups is 1. The molecule has 1 aromatic rings. The molecular weight excluding hydrogens is 499 g/mol. The summed E-state index contributed by atoms with van der Waals surface area (Å²) >= 11 is 3.36. The van der Waals surface area contributed by atoms with Gasteiger partial charge in [-0.25, -0.2) is 0 Å². The molecule has 0 saturated carbocycles. The van der Waals surface area contributed by atoms with E-state index in [9.17, 15) is 4.79 Å². The van der Waals surface area contributed by atoms with Gasteiger partial charge in [0.05, 0.1) is 18.2 Å². The van der Waals surface area contributed by atoms with E-state index in [1.165, 1.54) is 6.42 Å². The number of nitrogens with zero attached hydrogens (tertiary/aromatic N) is 1. The SMILES string of the molecule is CN=C(NCCNC(=O)c1ccc(Br)cc1)NC1CC2CCC1O2.I. The maximum absolute atomic E-state index is 12.0. The zero-order valence-electron chi connectivity index (χ0n) is 14.1. The van der Waals surface area contributed by atoms with Crippen LogP contribution in [0.5, 0.6) is 0 Å². The summed E-state index contributed by atoms with van der Waals surface area (Å²) in [5.74, 6) is 0.683. The summed E-state index contributed by atoms with van der Waals surface area (Å²) in [6.45, 7) is 1.15. The first-order valence-electron chi connectivity index (χ1n) is 8.32. The minimum Gasteiger partial charge on any atom is -0.373 e. The molecule has 6 nitrogen and oxygen atoms in total. The number of hydrogen-bond donors (Lipinski definition) is 3. The average Bonchev–Trinajstić information content (AvgIpc) is 3.21. The summed E-state index contributed by atoms with van der Waals surface area (Å²) < 4.78 is 6.80. The van der Waals surface area contributed by atoms with Gasteiger partial charge in [0.15, 0.2) is 5.96 Å². The van der Waals surface area contributed by atoms with Crippen LogP contribution in [0.15, 0.2) is 33.7 Å². The van der Waals surface area contributed by atoms with Gasteiger partial charge in [0.1, 0.15) is 0 Å². The molecule has 2 fully saturated rings. The first-order valence-corrected chi connectivity index (χ1v) is 9.11. The van der Waals surface area contributed by atoms with Gasteiger partial charge in [0.25, 0.3) is 5.91 Å². The van der Waals surface area contributed by atoms with Crippen LogP contribution in [0.2, 0.25) is 0 Å². The zero-order chi connectivity index (χ0) is 16.9. The molecule has 2 aliphatic heterocycles. The van der Waals surface area contributed by atoms with Gasteiger partial charge in [-0.15, -0.1) is 24.0 Å². The third-order valence-corrected chi connectivity index (χ3v) is 4.99. The summed E-state index contributed by atoms with van der Waals surface area (Å²) in [6.07, 6.45) is 4.08. The number of halogens is 2. The normalized spacial score (nSPS) is 24.6. The Morgan fingerprint density at radius 2 is 1.96 bits per heavy atom. The van der Waals surface area contributed by atoms with Crippen LogP contribution in [0.1, 0.15) is 29.6 Å². The molecule has 0 radical (unpaired) electrons. The van der Waals surface area contributed by atoms with E-state index >= 15 is 0 Å². The molecule has 2 aliphatic rings. The second kappa shape index (κ2) is 9.72. The van der Waals surface area contributed by atoms with Gasteiger partial charge < -0.3 is 20.7 Å². The van der Waals surface area contributed by atoms with Gasteiger partial charge in [0, 0.05) is 30.2 Å². The van der Waals surface area contributed by atoms with E-state index in [0.717, 1.165) is 23.3 Å². The van der Waals surface area contributed by atoms with Crippen molar-refractivity contribution in [1.29, 1.82) is 0 Å². The lowest BCUT2D eigenvalue weighted by atomic mass is 9.96. The number of rotatable bonds is 5. The van der Waals surface area contributed by atoms with Crippen LogP contribution < -0.4 is 16.0 Å². The number of benzene rings is 1. The van der Waals surface area contributed by atoms with Crippen LogP contribution in [-0.2, 0) is 4.74 Å². The highest BCUT2D eigenvalue weighted by atomic mass is 127. The summed E-state index contributed by atoms with van der Waals surface area (Å²) in [5.41, 5.74) is 0.653. The number of carbonyl (C=O) groups is 1. The van der Waals surface area contributed by atoms with Crippen molar-refractivity contribution >= 4 is 51.8 Å². The first-order chi connectivity index (χ1) is 11.7. The van der Waals surface area contributed by atoms with Crippen molar-refractivity contribution in [1.82, 2.24) is 16.0 Å². The van der Waals surface area contributed by atoms with E-state index in [4.69, 9.17) is 4.74 Å². The predicted molar refractivity (Wildman–Crippen MR) is 113 cm³/mol. The van der Waals surface area contributed by atoms with Crippen molar-refractivity contribution in [3.63, 3.8) is 0 Å². The standard InChI is InChI=1S/C17H23BrN4O2.HI/c1-19-17(22-14-10-13-6-7-15(14)24-13)21-9-8-20-16(23)11-2-4-12(18)5-3-11;/h2-5,13-15H,6-10H2,1H3,(H,20,23)(H2,19,21,22);1H. The van der Waals surface area contributed by atoms with E-state index in [-0.39, 0.29) is 29.9 Å². The molecule has 0 aromatic heterocycles.